The smallest absolute Gasteiger partial charge is 0.258 e. The fraction of sp³-hybridized carbons (Fsp3) is 0.409. The van der Waals surface area contributed by atoms with Gasteiger partial charge in [-0.1, -0.05) is 18.2 Å². The molecular formula is C22H26N4O4S. The topological polar surface area (TPSA) is 93.9 Å². The summed E-state index contributed by atoms with van der Waals surface area (Å²) in [5.74, 6) is 0.392. The van der Waals surface area contributed by atoms with Crippen molar-refractivity contribution in [2.45, 2.75) is 45.3 Å². The fourth-order valence-corrected chi connectivity index (χ4v) is 4.45. The summed E-state index contributed by atoms with van der Waals surface area (Å²) in [5.41, 5.74) is 2.84. The molecule has 9 heteroatoms. The molecule has 0 aliphatic carbocycles. The second kappa shape index (κ2) is 9.05. The number of carbonyl (C=O) groups excluding carboxylic acids is 1. The molecule has 164 valence electrons. The Morgan fingerprint density at radius 2 is 2.06 bits per heavy atom. The number of nitrogens with zero attached hydrogens (tertiary/aromatic N) is 4. The van der Waals surface area contributed by atoms with Crippen LogP contribution in [0, 0.1) is 6.92 Å². The summed E-state index contributed by atoms with van der Waals surface area (Å²) in [6, 6.07) is 7.28. The van der Waals surface area contributed by atoms with Crippen molar-refractivity contribution in [3.05, 3.63) is 59.7 Å². The molecule has 8 nitrogen and oxygen atoms in total. The lowest BCUT2D eigenvalue weighted by Gasteiger charge is -2.38. The van der Waals surface area contributed by atoms with E-state index < -0.39 is 10.7 Å². The maximum Gasteiger partial charge on any atom is 0.258 e. The maximum absolute atomic E-state index is 13.4. The maximum atomic E-state index is 13.4. The van der Waals surface area contributed by atoms with Crippen molar-refractivity contribution >= 4 is 22.3 Å². The van der Waals surface area contributed by atoms with Gasteiger partial charge in [-0.2, -0.15) is 0 Å². The molecule has 2 aromatic heterocycles. The third kappa shape index (κ3) is 4.71. The van der Waals surface area contributed by atoms with Gasteiger partial charge < -0.3 is 14.0 Å². The number of aryl methyl sites for hydroxylation is 2. The summed E-state index contributed by atoms with van der Waals surface area (Å²) in [4.78, 5) is 24.0. The molecule has 3 aromatic rings. The Kier molecular flexibility index (Phi) is 6.22. The van der Waals surface area contributed by atoms with Crippen LogP contribution in [0.4, 0.5) is 0 Å². The van der Waals surface area contributed by atoms with Crippen LogP contribution in [0.5, 0.6) is 5.88 Å². The van der Waals surface area contributed by atoms with Gasteiger partial charge >= 0.3 is 0 Å². The number of hydrogen-bond acceptors (Lipinski definition) is 6. The van der Waals surface area contributed by atoms with Crippen molar-refractivity contribution in [3.63, 3.8) is 0 Å². The van der Waals surface area contributed by atoms with E-state index in [0.29, 0.717) is 30.1 Å². The van der Waals surface area contributed by atoms with Gasteiger partial charge in [0, 0.05) is 30.2 Å². The number of fused-ring (bicyclic) bond motifs is 1. The standard InChI is InChI=1S/C22H26N4O4S/c1-15-13-25-11-10-23-21(20(25)24-15)30-18-8-7-16(2)26(14-18)22(27)19-6-4-3-5-17(19)9-12-31(28)29/h3-6,10-11,13,16,18,31H,7-9,12,14H2,1-2H3/t16-,18-/m1/s1. The van der Waals surface area contributed by atoms with Crippen molar-refractivity contribution in [3.8, 4) is 5.88 Å². The molecule has 1 aromatic carbocycles. The van der Waals surface area contributed by atoms with Crippen LogP contribution < -0.4 is 4.74 Å². The Morgan fingerprint density at radius 1 is 1.26 bits per heavy atom. The van der Waals surface area contributed by atoms with Crippen molar-refractivity contribution in [1.82, 2.24) is 19.3 Å². The molecule has 1 fully saturated rings. The number of hydrogen-bond donors (Lipinski definition) is 1. The third-order valence-corrected chi connectivity index (χ3v) is 6.24. The summed E-state index contributed by atoms with van der Waals surface area (Å²) in [6.45, 7) is 4.38. The van der Waals surface area contributed by atoms with E-state index in [1.165, 1.54) is 0 Å². The molecule has 31 heavy (non-hydrogen) atoms. The van der Waals surface area contributed by atoms with Crippen LogP contribution in [0.15, 0.2) is 42.9 Å². The average molecular weight is 443 g/mol. The molecule has 0 unspecified atom stereocenters. The SMILES string of the molecule is Cc1cn2ccnc(O[C@@H]3CC[C@@H](C)N(C(=O)c4ccccc4CC[SH](=O)=O)C3)c2n1. The van der Waals surface area contributed by atoms with Gasteiger partial charge in [-0.3, -0.25) is 4.79 Å². The van der Waals surface area contributed by atoms with Gasteiger partial charge in [-0.15, -0.1) is 0 Å². The first-order valence-electron chi connectivity index (χ1n) is 10.4. The summed E-state index contributed by atoms with van der Waals surface area (Å²) in [5, 5.41) is 0. The van der Waals surface area contributed by atoms with Crippen molar-refractivity contribution in [2.24, 2.45) is 0 Å². The third-order valence-electron chi connectivity index (χ3n) is 5.65. The lowest BCUT2D eigenvalue weighted by atomic mass is 9.98. The first kappa shape index (κ1) is 21.3. The average Bonchev–Trinajstić information content (AvgIpc) is 3.14. The lowest BCUT2D eigenvalue weighted by molar-refractivity contribution is 0.0375. The number of aromatic nitrogens is 3. The molecule has 0 N–H and O–H groups in total. The summed E-state index contributed by atoms with van der Waals surface area (Å²) in [7, 11) is -2.49. The van der Waals surface area contributed by atoms with E-state index in [9.17, 15) is 13.2 Å². The molecule has 0 spiro atoms. The Labute approximate surface area is 182 Å². The van der Waals surface area contributed by atoms with Gasteiger partial charge in [-0.25, -0.2) is 18.4 Å². The quantitative estimate of drug-likeness (QED) is 0.589. The molecule has 0 radical (unpaired) electrons. The fourth-order valence-electron chi connectivity index (χ4n) is 4.03. The molecule has 0 saturated carbocycles. The van der Waals surface area contributed by atoms with E-state index in [0.717, 1.165) is 24.1 Å². The zero-order valence-corrected chi connectivity index (χ0v) is 18.5. The lowest BCUT2D eigenvalue weighted by Crippen LogP contribution is -2.49. The zero-order valence-electron chi connectivity index (χ0n) is 17.6. The van der Waals surface area contributed by atoms with Gasteiger partial charge in [0.1, 0.15) is 16.8 Å². The minimum Gasteiger partial charge on any atom is -0.470 e. The summed E-state index contributed by atoms with van der Waals surface area (Å²) in [6.07, 6.45) is 7.16. The van der Waals surface area contributed by atoms with Crippen LogP contribution in [0.1, 0.15) is 41.4 Å². The molecule has 1 amide bonds. The Hall–Kier alpha value is -2.94. The molecular weight excluding hydrogens is 416 g/mol. The van der Waals surface area contributed by atoms with E-state index in [4.69, 9.17) is 4.74 Å². The minimum atomic E-state index is -2.49. The predicted octanol–water partition coefficient (Wildman–Crippen LogP) is 2.26. The number of rotatable bonds is 6. The second-order valence-corrected chi connectivity index (χ2v) is 9.05. The van der Waals surface area contributed by atoms with Gasteiger partial charge in [0.15, 0.2) is 0 Å². The predicted molar refractivity (Wildman–Crippen MR) is 117 cm³/mol. The van der Waals surface area contributed by atoms with Crippen molar-refractivity contribution < 1.29 is 17.9 Å². The van der Waals surface area contributed by atoms with Crippen molar-refractivity contribution in [1.29, 1.82) is 0 Å². The number of piperidine rings is 1. The van der Waals surface area contributed by atoms with Crippen LogP contribution in [0.25, 0.3) is 5.65 Å². The van der Waals surface area contributed by atoms with Crippen LogP contribution in [0.2, 0.25) is 0 Å². The van der Waals surface area contributed by atoms with Gasteiger partial charge in [0.2, 0.25) is 5.65 Å². The zero-order chi connectivity index (χ0) is 22.0. The normalized spacial score (nSPS) is 19.1. The van der Waals surface area contributed by atoms with E-state index in [1.54, 1.807) is 12.3 Å². The molecule has 0 bridgehead atoms. The first-order chi connectivity index (χ1) is 14.9. The van der Waals surface area contributed by atoms with Crippen LogP contribution >= 0.6 is 0 Å². The second-order valence-electron chi connectivity index (χ2n) is 7.93. The van der Waals surface area contributed by atoms with Crippen molar-refractivity contribution in [2.75, 3.05) is 12.3 Å². The van der Waals surface area contributed by atoms with E-state index in [-0.39, 0.29) is 23.8 Å². The molecule has 3 heterocycles. The van der Waals surface area contributed by atoms with Crippen LogP contribution in [-0.4, -0.2) is 58.0 Å². The number of amides is 1. The monoisotopic (exact) mass is 442 g/mol. The van der Waals surface area contributed by atoms with Gasteiger partial charge in [0.25, 0.3) is 11.8 Å². The minimum absolute atomic E-state index is 0.0281. The molecule has 4 rings (SSSR count). The number of carbonyl (C=O) groups is 1. The molecule has 1 aliphatic rings. The Bertz CT molecular complexity index is 1170. The molecule has 1 saturated heterocycles. The van der Waals surface area contributed by atoms with E-state index in [2.05, 4.69) is 9.97 Å². The number of imidazole rings is 1. The van der Waals surface area contributed by atoms with Gasteiger partial charge in [-0.05, 0) is 44.7 Å². The molecule has 2 atom stereocenters. The number of thiol groups is 1. The summed E-state index contributed by atoms with van der Waals surface area (Å²) < 4.78 is 30.1. The van der Waals surface area contributed by atoms with Crippen LogP contribution in [0.3, 0.4) is 0 Å². The largest absolute Gasteiger partial charge is 0.470 e. The molecule has 1 aliphatic heterocycles. The highest BCUT2D eigenvalue weighted by molar-refractivity contribution is 7.72. The Morgan fingerprint density at radius 3 is 2.87 bits per heavy atom. The number of likely N-dealkylation sites (tertiary alicyclic amines) is 1. The first-order valence-corrected chi connectivity index (χ1v) is 11.8. The Balaban J connectivity index is 1.53. The van der Waals surface area contributed by atoms with Crippen LogP contribution in [-0.2, 0) is 17.1 Å². The summed E-state index contributed by atoms with van der Waals surface area (Å²) >= 11 is 0. The van der Waals surface area contributed by atoms with E-state index in [1.807, 2.05) is 53.7 Å². The highest BCUT2D eigenvalue weighted by Gasteiger charge is 2.32. The highest BCUT2D eigenvalue weighted by Crippen LogP contribution is 2.25. The number of ether oxygens (including phenoxy) is 1. The van der Waals surface area contributed by atoms with Gasteiger partial charge in [0.05, 0.1) is 18.0 Å². The van der Waals surface area contributed by atoms with E-state index >= 15 is 0 Å². The number of benzene rings is 1. The highest BCUT2D eigenvalue weighted by atomic mass is 32.2.